The number of hydrogen-bond donors (Lipinski definition) is 2. The van der Waals surface area contributed by atoms with Gasteiger partial charge in [0.1, 0.15) is 0 Å². The summed E-state index contributed by atoms with van der Waals surface area (Å²) in [6.45, 7) is 3.45. The molecule has 1 amide bonds. The number of aliphatic carboxylic acids is 1. The zero-order valence-electron chi connectivity index (χ0n) is 13.4. The first-order valence-electron chi connectivity index (χ1n) is 7.67. The normalized spacial score (nSPS) is 27.0. The van der Waals surface area contributed by atoms with E-state index in [1.165, 1.54) is 21.3 Å². The number of carboxylic acid groups (broad SMARTS) is 1. The molecule has 4 atom stereocenters. The van der Waals surface area contributed by atoms with Gasteiger partial charge in [0.15, 0.2) is 12.4 Å². The van der Waals surface area contributed by atoms with Crippen molar-refractivity contribution in [2.24, 2.45) is 11.8 Å². The molecule has 7 nitrogen and oxygen atoms in total. The minimum Gasteiger partial charge on any atom is -0.543 e. The molecule has 3 heterocycles. The van der Waals surface area contributed by atoms with Crippen molar-refractivity contribution in [2.75, 3.05) is 11.6 Å². The van der Waals surface area contributed by atoms with Crippen LogP contribution in [0.1, 0.15) is 13.8 Å². The van der Waals surface area contributed by atoms with Crippen LogP contribution in [0.4, 0.5) is 0 Å². The number of carbonyl (C=O) groups is 2. The van der Waals surface area contributed by atoms with E-state index in [1.807, 2.05) is 19.1 Å². The maximum atomic E-state index is 12.2. The fraction of sp³-hybridized carbons (Fsp3) is 0.438. The minimum absolute atomic E-state index is 0.0354. The average molecular weight is 349 g/mol. The van der Waals surface area contributed by atoms with Crippen molar-refractivity contribution in [2.45, 2.75) is 30.9 Å². The molecule has 0 bridgehead atoms. The molecule has 2 aliphatic heterocycles. The number of rotatable bonds is 5. The Hall–Kier alpha value is -2.06. The molecule has 1 aromatic heterocycles. The Morgan fingerprint density at radius 2 is 2.12 bits per heavy atom. The molecule has 0 saturated carbocycles. The van der Waals surface area contributed by atoms with Gasteiger partial charge in [0.25, 0.3) is 0 Å². The first-order valence-corrected chi connectivity index (χ1v) is 8.66. The molecule has 0 aromatic carbocycles. The summed E-state index contributed by atoms with van der Waals surface area (Å²) in [5.41, 5.74) is 0.637. The second-order valence-corrected chi connectivity index (χ2v) is 7.23. The monoisotopic (exact) mass is 349 g/mol. The second-order valence-electron chi connectivity index (χ2n) is 6.18. The second kappa shape index (κ2) is 6.10. The van der Waals surface area contributed by atoms with Crippen molar-refractivity contribution < 1.29 is 24.5 Å². The van der Waals surface area contributed by atoms with Gasteiger partial charge in [0.2, 0.25) is 5.91 Å². The predicted molar refractivity (Wildman–Crippen MR) is 84.5 cm³/mol. The lowest BCUT2D eigenvalue weighted by atomic mass is 9.78. The van der Waals surface area contributed by atoms with E-state index in [9.17, 15) is 19.8 Å². The number of pyridine rings is 1. The summed E-state index contributed by atoms with van der Waals surface area (Å²) in [6.07, 6.45) is 2.61. The van der Waals surface area contributed by atoms with Gasteiger partial charge in [-0.05, 0) is 12.5 Å². The third-order valence-electron chi connectivity index (χ3n) is 4.72. The van der Waals surface area contributed by atoms with Crippen LogP contribution < -0.4 is 15.6 Å². The molecule has 1 fully saturated rings. The van der Waals surface area contributed by atoms with E-state index >= 15 is 0 Å². The van der Waals surface area contributed by atoms with E-state index in [-0.39, 0.29) is 23.6 Å². The number of carbonyl (C=O) groups excluding carboxylic acids is 2. The van der Waals surface area contributed by atoms with Gasteiger partial charge in [-0.15, -0.1) is 11.8 Å². The molecule has 0 radical (unpaired) electrons. The summed E-state index contributed by atoms with van der Waals surface area (Å²) < 4.78 is 1.42. The van der Waals surface area contributed by atoms with E-state index in [1.54, 1.807) is 19.3 Å². The number of aliphatic hydroxyl groups excluding tert-OH is 1. The van der Waals surface area contributed by atoms with E-state index in [0.29, 0.717) is 11.3 Å². The molecule has 128 valence electrons. The SMILES string of the molecule is C[C@@H](O)[C@H]1C(=O)N2C(C(=O)[O-])=C(CSc3cc[n+](N)cc3)[C@H](C)[C@H]12. The molecule has 1 saturated heterocycles. The van der Waals surface area contributed by atoms with Crippen LogP contribution in [0.5, 0.6) is 0 Å². The van der Waals surface area contributed by atoms with Crippen LogP contribution in [0.2, 0.25) is 0 Å². The maximum absolute atomic E-state index is 12.2. The Labute approximate surface area is 143 Å². The van der Waals surface area contributed by atoms with Gasteiger partial charge in [0.05, 0.1) is 29.7 Å². The molecule has 3 N–H and O–H groups in total. The number of thioether (sulfide) groups is 1. The summed E-state index contributed by atoms with van der Waals surface area (Å²) in [5, 5.41) is 21.4. The smallest absolute Gasteiger partial charge is 0.235 e. The number of nitrogen functional groups attached to an aromatic ring is 1. The summed E-state index contributed by atoms with van der Waals surface area (Å²) in [5.74, 6) is 3.64. The van der Waals surface area contributed by atoms with E-state index < -0.39 is 18.0 Å². The number of β-lactam (4-membered cyclic amide) rings is 1. The highest BCUT2D eigenvalue weighted by Crippen LogP contribution is 2.47. The highest BCUT2D eigenvalue weighted by Gasteiger charge is 2.58. The largest absolute Gasteiger partial charge is 0.543 e. The fourth-order valence-corrected chi connectivity index (χ4v) is 4.54. The molecule has 2 aliphatic rings. The van der Waals surface area contributed by atoms with Gasteiger partial charge in [-0.25, -0.2) is 5.84 Å². The lowest BCUT2D eigenvalue weighted by Gasteiger charge is -2.47. The number of hydrogen-bond acceptors (Lipinski definition) is 6. The van der Waals surface area contributed by atoms with Crippen molar-refractivity contribution in [1.82, 2.24) is 4.90 Å². The van der Waals surface area contributed by atoms with Gasteiger partial charge >= 0.3 is 0 Å². The van der Waals surface area contributed by atoms with Gasteiger partial charge in [-0.1, -0.05) is 11.6 Å². The standard InChI is InChI=1S/C16H19N3O4S/c1-8-11(7-24-10-3-5-18(17)6-4-10)14(16(22)23)19-13(8)12(9(2)20)15(19)21/h3-6,8-9,12-13,20H,7,17H2,1-2H3/t8-,9+,12+,13+/m0/s1. The third kappa shape index (κ3) is 2.55. The third-order valence-corrected chi connectivity index (χ3v) is 5.79. The molecule has 0 aliphatic carbocycles. The average Bonchev–Trinajstić information content (AvgIpc) is 2.76. The van der Waals surface area contributed by atoms with Crippen molar-refractivity contribution in [3.8, 4) is 0 Å². The van der Waals surface area contributed by atoms with Gasteiger partial charge < -0.3 is 19.9 Å². The van der Waals surface area contributed by atoms with Crippen LogP contribution in [0.25, 0.3) is 0 Å². The number of nitrogens with zero attached hydrogens (tertiary/aromatic N) is 2. The molecule has 1 aromatic rings. The van der Waals surface area contributed by atoms with Crippen molar-refractivity contribution >= 4 is 23.6 Å². The summed E-state index contributed by atoms with van der Waals surface area (Å²) in [7, 11) is 0. The van der Waals surface area contributed by atoms with E-state index in [0.717, 1.165) is 4.90 Å². The first kappa shape index (κ1) is 16.8. The number of fused-ring (bicyclic) bond motifs is 1. The molecule has 8 heteroatoms. The summed E-state index contributed by atoms with van der Waals surface area (Å²) in [4.78, 5) is 26.0. The highest BCUT2D eigenvalue weighted by atomic mass is 32.2. The lowest BCUT2D eigenvalue weighted by molar-refractivity contribution is -0.639. The van der Waals surface area contributed by atoms with Crippen LogP contribution in [-0.2, 0) is 9.59 Å². The summed E-state index contributed by atoms with van der Waals surface area (Å²) in [6, 6.07) is 3.37. The van der Waals surface area contributed by atoms with Crippen LogP contribution >= 0.6 is 11.8 Å². The number of aliphatic hydroxyl groups is 1. The molecule has 0 spiro atoms. The van der Waals surface area contributed by atoms with E-state index in [4.69, 9.17) is 5.84 Å². The number of aromatic nitrogens is 1. The Kier molecular flexibility index (Phi) is 4.27. The zero-order valence-corrected chi connectivity index (χ0v) is 14.2. The molecule has 3 rings (SSSR count). The van der Waals surface area contributed by atoms with Crippen molar-refractivity contribution in [1.29, 1.82) is 0 Å². The Morgan fingerprint density at radius 1 is 1.50 bits per heavy atom. The van der Waals surface area contributed by atoms with Crippen molar-refractivity contribution in [3.05, 3.63) is 35.8 Å². The Morgan fingerprint density at radius 3 is 2.67 bits per heavy atom. The summed E-state index contributed by atoms with van der Waals surface area (Å²) >= 11 is 1.48. The van der Waals surface area contributed by atoms with Gasteiger partial charge in [0, 0.05) is 28.7 Å². The molecular weight excluding hydrogens is 330 g/mol. The highest BCUT2D eigenvalue weighted by molar-refractivity contribution is 7.99. The first-order chi connectivity index (χ1) is 11.3. The Bertz CT molecular complexity index is 717. The zero-order chi connectivity index (χ0) is 17.6. The molecule has 0 unspecified atom stereocenters. The number of amides is 1. The van der Waals surface area contributed by atoms with Gasteiger partial charge in [-0.3, -0.25) is 4.79 Å². The Balaban J connectivity index is 1.84. The van der Waals surface area contributed by atoms with Gasteiger partial charge in [-0.2, -0.15) is 0 Å². The van der Waals surface area contributed by atoms with Crippen LogP contribution in [0.3, 0.4) is 0 Å². The van der Waals surface area contributed by atoms with Crippen molar-refractivity contribution in [3.63, 3.8) is 0 Å². The predicted octanol–water partition coefficient (Wildman–Crippen LogP) is -1.36. The number of carboxylic acids is 1. The lowest BCUT2D eigenvalue weighted by Crippen LogP contribution is -2.64. The molecular formula is C16H19N3O4S. The van der Waals surface area contributed by atoms with Crippen LogP contribution in [0.15, 0.2) is 40.7 Å². The molecule has 24 heavy (non-hydrogen) atoms. The fourth-order valence-electron chi connectivity index (χ4n) is 3.51. The van der Waals surface area contributed by atoms with Crippen LogP contribution in [0, 0.1) is 11.8 Å². The number of nitrogens with two attached hydrogens (primary N) is 1. The quantitative estimate of drug-likeness (QED) is 0.294. The minimum atomic E-state index is -1.34. The van der Waals surface area contributed by atoms with E-state index in [2.05, 4.69) is 0 Å². The van der Waals surface area contributed by atoms with Crippen LogP contribution in [-0.4, -0.2) is 39.8 Å². The topological polar surface area (TPSA) is 111 Å². The maximum Gasteiger partial charge on any atom is 0.235 e.